The first-order chi connectivity index (χ1) is 8.24. The highest BCUT2D eigenvalue weighted by molar-refractivity contribution is 4.73. The zero-order valence-electron chi connectivity index (χ0n) is 11.9. The molecule has 0 aromatic heterocycles. The molecule has 0 atom stereocenters. The molecule has 0 spiro atoms. The Morgan fingerprint density at radius 2 is 1.94 bits per heavy atom. The Morgan fingerprint density at radius 1 is 1.24 bits per heavy atom. The number of nitrogens with one attached hydrogen (secondary N) is 1. The van der Waals surface area contributed by atoms with Gasteiger partial charge >= 0.3 is 0 Å². The lowest BCUT2D eigenvalue weighted by atomic mass is 10.2. The second kappa shape index (κ2) is 8.90. The van der Waals surface area contributed by atoms with Gasteiger partial charge in [-0.3, -0.25) is 4.90 Å². The van der Waals surface area contributed by atoms with Crippen molar-refractivity contribution in [3.63, 3.8) is 0 Å². The Morgan fingerprint density at radius 3 is 2.53 bits per heavy atom. The van der Waals surface area contributed by atoms with Crippen molar-refractivity contribution in [3.05, 3.63) is 0 Å². The summed E-state index contributed by atoms with van der Waals surface area (Å²) in [5.41, 5.74) is 0. The molecule has 1 aliphatic rings. The molecule has 1 aliphatic carbocycles. The number of rotatable bonds is 9. The molecule has 3 heteroatoms. The maximum Gasteiger partial charge on any atom is 0.0589 e. The molecule has 1 fully saturated rings. The van der Waals surface area contributed by atoms with E-state index in [2.05, 4.69) is 24.1 Å². The van der Waals surface area contributed by atoms with Crippen molar-refractivity contribution in [1.82, 2.24) is 10.2 Å². The van der Waals surface area contributed by atoms with Crippen LogP contribution in [-0.4, -0.2) is 50.3 Å². The molecule has 0 amide bonds. The predicted molar refractivity (Wildman–Crippen MR) is 73.5 cm³/mol. The van der Waals surface area contributed by atoms with Crippen LogP contribution in [0.2, 0.25) is 0 Å². The van der Waals surface area contributed by atoms with E-state index >= 15 is 0 Å². The van der Waals surface area contributed by atoms with Crippen molar-refractivity contribution < 1.29 is 4.74 Å². The first-order valence-corrected chi connectivity index (χ1v) is 7.20. The summed E-state index contributed by atoms with van der Waals surface area (Å²) in [6.45, 7) is 8.77. The van der Waals surface area contributed by atoms with Crippen LogP contribution in [0.25, 0.3) is 0 Å². The third kappa shape index (κ3) is 6.39. The second-order valence-electron chi connectivity index (χ2n) is 5.41. The summed E-state index contributed by atoms with van der Waals surface area (Å²) in [5, 5.41) is 3.67. The van der Waals surface area contributed by atoms with Crippen LogP contribution in [0.4, 0.5) is 0 Å². The van der Waals surface area contributed by atoms with Gasteiger partial charge in [-0.25, -0.2) is 0 Å². The first kappa shape index (κ1) is 14.9. The molecule has 0 aromatic carbocycles. The van der Waals surface area contributed by atoms with Crippen LogP contribution in [0.15, 0.2) is 0 Å². The molecule has 3 nitrogen and oxygen atoms in total. The van der Waals surface area contributed by atoms with E-state index < -0.39 is 0 Å². The van der Waals surface area contributed by atoms with E-state index in [0.29, 0.717) is 6.04 Å². The lowest BCUT2D eigenvalue weighted by Crippen LogP contribution is -2.36. The van der Waals surface area contributed by atoms with Gasteiger partial charge in [0.1, 0.15) is 0 Å². The van der Waals surface area contributed by atoms with Gasteiger partial charge in [-0.05, 0) is 46.2 Å². The van der Waals surface area contributed by atoms with Crippen LogP contribution >= 0.6 is 0 Å². The van der Waals surface area contributed by atoms with Crippen LogP contribution in [0.5, 0.6) is 0 Å². The molecule has 1 saturated carbocycles. The Balaban J connectivity index is 2.04. The highest BCUT2D eigenvalue weighted by Gasteiger charge is 2.14. The number of hydrogen-bond donors (Lipinski definition) is 1. The van der Waals surface area contributed by atoms with Crippen molar-refractivity contribution in [1.29, 1.82) is 0 Å². The largest absolute Gasteiger partial charge is 0.383 e. The van der Waals surface area contributed by atoms with Gasteiger partial charge in [-0.2, -0.15) is 0 Å². The molecule has 0 heterocycles. The van der Waals surface area contributed by atoms with E-state index in [1.165, 1.54) is 45.2 Å². The lowest BCUT2D eigenvalue weighted by molar-refractivity contribution is 0.128. The summed E-state index contributed by atoms with van der Waals surface area (Å²) in [6, 6.07) is 1.43. The van der Waals surface area contributed by atoms with Gasteiger partial charge in [-0.1, -0.05) is 12.8 Å². The van der Waals surface area contributed by atoms with Gasteiger partial charge in [0, 0.05) is 25.7 Å². The summed E-state index contributed by atoms with van der Waals surface area (Å²) in [5.74, 6) is 0. The topological polar surface area (TPSA) is 24.5 Å². The van der Waals surface area contributed by atoms with Crippen LogP contribution in [0.3, 0.4) is 0 Å². The predicted octanol–water partition coefficient (Wildman–Crippen LogP) is 2.27. The molecule has 102 valence electrons. The van der Waals surface area contributed by atoms with Gasteiger partial charge in [0.2, 0.25) is 0 Å². The van der Waals surface area contributed by atoms with E-state index in [-0.39, 0.29) is 0 Å². The van der Waals surface area contributed by atoms with E-state index in [0.717, 1.165) is 19.2 Å². The minimum absolute atomic E-state index is 0.622. The zero-order valence-corrected chi connectivity index (χ0v) is 11.9. The van der Waals surface area contributed by atoms with Gasteiger partial charge in [0.15, 0.2) is 0 Å². The molecule has 1 rings (SSSR count). The highest BCUT2D eigenvalue weighted by Crippen LogP contribution is 2.17. The summed E-state index contributed by atoms with van der Waals surface area (Å²) in [7, 11) is 1.78. The first-order valence-electron chi connectivity index (χ1n) is 7.20. The van der Waals surface area contributed by atoms with Crippen molar-refractivity contribution >= 4 is 0 Å². The standard InChI is InChI=1S/C14H30N2O/c1-13(2)16(11-12-17-3)10-6-9-15-14-7-4-5-8-14/h13-15H,4-12H2,1-3H3. The fourth-order valence-electron chi connectivity index (χ4n) is 2.56. The fraction of sp³-hybridized carbons (Fsp3) is 1.00. The maximum atomic E-state index is 5.15. The van der Waals surface area contributed by atoms with Gasteiger partial charge < -0.3 is 10.1 Å². The summed E-state index contributed by atoms with van der Waals surface area (Å²) in [4.78, 5) is 2.50. The van der Waals surface area contributed by atoms with Crippen LogP contribution in [0, 0.1) is 0 Å². The monoisotopic (exact) mass is 242 g/mol. The second-order valence-corrected chi connectivity index (χ2v) is 5.41. The van der Waals surface area contributed by atoms with Crippen molar-refractivity contribution in [2.24, 2.45) is 0 Å². The van der Waals surface area contributed by atoms with Crippen molar-refractivity contribution in [2.75, 3.05) is 33.4 Å². The van der Waals surface area contributed by atoms with E-state index in [4.69, 9.17) is 4.74 Å². The van der Waals surface area contributed by atoms with E-state index in [1.54, 1.807) is 7.11 Å². The van der Waals surface area contributed by atoms with Gasteiger partial charge in [0.25, 0.3) is 0 Å². The van der Waals surface area contributed by atoms with Gasteiger partial charge in [-0.15, -0.1) is 0 Å². The average Bonchev–Trinajstić information content (AvgIpc) is 2.80. The summed E-state index contributed by atoms with van der Waals surface area (Å²) in [6.07, 6.45) is 6.86. The van der Waals surface area contributed by atoms with Crippen molar-refractivity contribution in [3.8, 4) is 0 Å². The third-order valence-corrected chi connectivity index (χ3v) is 3.72. The number of ether oxygens (including phenoxy) is 1. The molecular formula is C14H30N2O. The molecule has 1 N–H and O–H groups in total. The third-order valence-electron chi connectivity index (χ3n) is 3.72. The van der Waals surface area contributed by atoms with E-state index in [9.17, 15) is 0 Å². The maximum absolute atomic E-state index is 5.15. The normalized spacial score (nSPS) is 17.5. The molecule has 0 bridgehead atoms. The highest BCUT2D eigenvalue weighted by atomic mass is 16.5. The number of methoxy groups -OCH3 is 1. The minimum Gasteiger partial charge on any atom is -0.383 e. The smallest absolute Gasteiger partial charge is 0.0589 e. The zero-order chi connectivity index (χ0) is 12.5. The quantitative estimate of drug-likeness (QED) is 0.628. The summed E-state index contributed by atoms with van der Waals surface area (Å²) >= 11 is 0. The molecular weight excluding hydrogens is 212 g/mol. The van der Waals surface area contributed by atoms with E-state index in [1.807, 2.05) is 0 Å². The lowest BCUT2D eigenvalue weighted by Gasteiger charge is -2.26. The molecule has 0 saturated heterocycles. The number of nitrogens with zero attached hydrogens (tertiary/aromatic N) is 1. The van der Waals surface area contributed by atoms with Crippen LogP contribution < -0.4 is 5.32 Å². The fourth-order valence-corrected chi connectivity index (χ4v) is 2.56. The van der Waals surface area contributed by atoms with Crippen molar-refractivity contribution in [2.45, 2.75) is 58.0 Å². The Labute approximate surface area is 107 Å². The van der Waals surface area contributed by atoms with Crippen LogP contribution in [-0.2, 0) is 4.74 Å². The Kier molecular flexibility index (Phi) is 7.82. The molecule has 17 heavy (non-hydrogen) atoms. The Bertz CT molecular complexity index is 179. The Hall–Kier alpha value is -0.120. The van der Waals surface area contributed by atoms with Gasteiger partial charge in [0.05, 0.1) is 6.61 Å². The molecule has 0 aromatic rings. The minimum atomic E-state index is 0.622. The average molecular weight is 242 g/mol. The molecule has 0 aliphatic heterocycles. The summed E-state index contributed by atoms with van der Waals surface area (Å²) < 4.78 is 5.15. The number of hydrogen-bond acceptors (Lipinski definition) is 3. The molecule has 0 radical (unpaired) electrons. The molecule has 0 unspecified atom stereocenters. The van der Waals surface area contributed by atoms with Crippen LogP contribution in [0.1, 0.15) is 46.0 Å². The SMILES string of the molecule is COCCN(CCCNC1CCCC1)C(C)C.